The number of para-hydroxylation sites is 3. The Morgan fingerprint density at radius 2 is 0.945 bits per heavy atom. The molecular formula is C53H34N2. The number of nitrogens with zero attached hydrogens (tertiary/aromatic N) is 2. The van der Waals surface area contributed by atoms with E-state index in [0.717, 1.165) is 17.1 Å². The molecule has 55 heavy (non-hydrogen) atoms. The summed E-state index contributed by atoms with van der Waals surface area (Å²) in [5.74, 6) is 0. The molecule has 2 heteroatoms. The largest absolute Gasteiger partial charge is 0.310 e. The lowest BCUT2D eigenvalue weighted by Crippen LogP contribution is -2.31. The first-order chi connectivity index (χ1) is 27.3. The monoisotopic (exact) mass is 698 g/mol. The Morgan fingerprint density at radius 1 is 0.364 bits per heavy atom. The predicted octanol–water partition coefficient (Wildman–Crippen LogP) is 13.8. The van der Waals surface area contributed by atoms with Crippen molar-refractivity contribution < 1.29 is 0 Å². The van der Waals surface area contributed by atoms with E-state index in [-0.39, 0.29) is 0 Å². The van der Waals surface area contributed by atoms with Crippen molar-refractivity contribution in [3.8, 4) is 27.9 Å². The third-order valence-electron chi connectivity index (χ3n) is 12.1. The summed E-state index contributed by atoms with van der Waals surface area (Å²) in [6, 6.07) is 76.2. The van der Waals surface area contributed by atoms with Gasteiger partial charge in [-0.25, -0.2) is 0 Å². The van der Waals surface area contributed by atoms with Crippen LogP contribution in [0.25, 0.3) is 60.5 Å². The van der Waals surface area contributed by atoms with Gasteiger partial charge < -0.3 is 9.47 Å². The summed E-state index contributed by atoms with van der Waals surface area (Å²) in [7, 11) is 0. The number of aromatic nitrogens is 1. The molecule has 0 unspecified atom stereocenters. The van der Waals surface area contributed by atoms with Crippen molar-refractivity contribution in [2.24, 2.45) is 0 Å². The van der Waals surface area contributed by atoms with E-state index >= 15 is 0 Å². The number of hydrogen-bond donors (Lipinski definition) is 0. The van der Waals surface area contributed by atoms with E-state index in [4.69, 9.17) is 0 Å². The van der Waals surface area contributed by atoms with Crippen LogP contribution in [0.5, 0.6) is 0 Å². The zero-order chi connectivity index (χ0) is 36.1. The van der Waals surface area contributed by atoms with Crippen molar-refractivity contribution in [3.63, 3.8) is 0 Å². The minimum atomic E-state index is -0.535. The second kappa shape index (κ2) is 11.4. The highest BCUT2D eigenvalue weighted by Crippen LogP contribution is 2.63. The summed E-state index contributed by atoms with van der Waals surface area (Å²) in [5.41, 5.74) is 16.9. The maximum atomic E-state index is 2.52. The fraction of sp³-hybridized carbons (Fsp3) is 0.0189. The molecule has 0 bridgehead atoms. The average Bonchev–Trinajstić information content (AvgIpc) is 3.75. The van der Waals surface area contributed by atoms with Crippen LogP contribution < -0.4 is 4.90 Å². The van der Waals surface area contributed by atoms with E-state index in [0.29, 0.717) is 0 Å². The molecule has 0 N–H and O–H groups in total. The zero-order valence-electron chi connectivity index (χ0n) is 30.0. The standard InChI is InChI=1S/C53H34N2/c1-4-17-35(18-5-1)40-23-12-15-29-47(40)54(37-19-6-2-7-20-37)39-33-36-31-32-49-52-50(36)46(34-39)53(43-26-13-10-24-41(43)42-25-11-14-27-44(42)53)45-28-16-30-48(51(45)52)55(49)38-21-8-3-9-22-38/h1-34H. The summed E-state index contributed by atoms with van der Waals surface area (Å²) >= 11 is 0. The lowest BCUT2D eigenvalue weighted by atomic mass is 9.63. The molecule has 0 saturated carbocycles. The fourth-order valence-electron chi connectivity index (χ4n) is 10.1. The first kappa shape index (κ1) is 30.3. The number of rotatable bonds is 5. The highest BCUT2D eigenvalue weighted by Gasteiger charge is 2.50. The molecule has 256 valence electrons. The van der Waals surface area contributed by atoms with Crippen LogP contribution in [0.3, 0.4) is 0 Å². The average molecular weight is 699 g/mol. The van der Waals surface area contributed by atoms with Gasteiger partial charge in [-0.2, -0.15) is 0 Å². The Kier molecular flexibility index (Phi) is 6.29. The van der Waals surface area contributed by atoms with Crippen LogP contribution in [0.15, 0.2) is 206 Å². The van der Waals surface area contributed by atoms with Gasteiger partial charge in [-0.3, -0.25) is 0 Å². The van der Waals surface area contributed by atoms with E-state index in [1.807, 2.05) is 0 Å². The van der Waals surface area contributed by atoms with Crippen LogP contribution >= 0.6 is 0 Å². The number of hydrogen-bond acceptors (Lipinski definition) is 1. The van der Waals surface area contributed by atoms with Crippen molar-refractivity contribution in [1.29, 1.82) is 0 Å². The third kappa shape index (κ3) is 4.03. The van der Waals surface area contributed by atoms with Crippen LogP contribution in [0.4, 0.5) is 17.1 Å². The minimum Gasteiger partial charge on any atom is -0.310 e. The number of anilines is 3. The number of fused-ring (bicyclic) bond motifs is 7. The molecule has 12 rings (SSSR count). The Balaban J connectivity index is 1.26. The van der Waals surface area contributed by atoms with Crippen molar-refractivity contribution in [2.75, 3.05) is 4.90 Å². The molecule has 0 fully saturated rings. The molecule has 1 spiro atoms. The summed E-state index contributed by atoms with van der Waals surface area (Å²) in [6.07, 6.45) is 0. The maximum Gasteiger partial charge on any atom is 0.0727 e. The normalized spacial score (nSPS) is 13.2. The fourth-order valence-corrected chi connectivity index (χ4v) is 10.1. The molecule has 2 aliphatic carbocycles. The molecule has 0 aliphatic heterocycles. The van der Waals surface area contributed by atoms with Gasteiger partial charge in [0.15, 0.2) is 0 Å². The van der Waals surface area contributed by atoms with Crippen LogP contribution in [-0.4, -0.2) is 4.57 Å². The third-order valence-corrected chi connectivity index (χ3v) is 12.1. The van der Waals surface area contributed by atoms with E-state index in [1.165, 1.54) is 82.8 Å². The summed E-state index contributed by atoms with van der Waals surface area (Å²) in [4.78, 5) is 2.47. The van der Waals surface area contributed by atoms with Crippen molar-refractivity contribution in [1.82, 2.24) is 4.57 Å². The van der Waals surface area contributed by atoms with Gasteiger partial charge in [0, 0.05) is 33.4 Å². The molecule has 0 atom stereocenters. The predicted molar refractivity (Wildman–Crippen MR) is 229 cm³/mol. The van der Waals surface area contributed by atoms with Crippen molar-refractivity contribution in [2.45, 2.75) is 5.41 Å². The van der Waals surface area contributed by atoms with Gasteiger partial charge in [0.2, 0.25) is 0 Å². The molecule has 1 heterocycles. The van der Waals surface area contributed by atoms with E-state index in [2.05, 4.69) is 216 Å². The van der Waals surface area contributed by atoms with Crippen molar-refractivity contribution in [3.05, 3.63) is 229 Å². The van der Waals surface area contributed by atoms with Gasteiger partial charge in [-0.05, 0) is 104 Å². The Bertz CT molecular complexity index is 3090. The van der Waals surface area contributed by atoms with Gasteiger partial charge in [-0.15, -0.1) is 0 Å². The van der Waals surface area contributed by atoms with Crippen LogP contribution in [0.1, 0.15) is 22.3 Å². The lowest BCUT2D eigenvalue weighted by molar-refractivity contribution is 0.783. The lowest BCUT2D eigenvalue weighted by Gasteiger charge is -2.39. The molecule has 0 saturated heterocycles. The van der Waals surface area contributed by atoms with E-state index < -0.39 is 5.41 Å². The quantitative estimate of drug-likeness (QED) is 0.174. The van der Waals surface area contributed by atoms with Crippen LogP contribution in [0, 0.1) is 0 Å². The molecule has 0 amide bonds. The molecule has 2 nitrogen and oxygen atoms in total. The smallest absolute Gasteiger partial charge is 0.0727 e. The minimum absolute atomic E-state index is 0.535. The Morgan fingerprint density at radius 3 is 1.67 bits per heavy atom. The van der Waals surface area contributed by atoms with Gasteiger partial charge in [0.25, 0.3) is 0 Å². The van der Waals surface area contributed by atoms with E-state index in [1.54, 1.807) is 0 Å². The molecule has 1 aromatic heterocycles. The molecule has 2 aliphatic rings. The first-order valence-electron chi connectivity index (χ1n) is 19.1. The first-order valence-corrected chi connectivity index (χ1v) is 19.1. The Labute approximate surface area is 319 Å². The molecule has 9 aromatic carbocycles. The second-order valence-corrected chi connectivity index (χ2v) is 14.8. The maximum absolute atomic E-state index is 2.52. The summed E-state index contributed by atoms with van der Waals surface area (Å²) < 4.78 is 2.48. The van der Waals surface area contributed by atoms with Gasteiger partial charge in [0.1, 0.15) is 0 Å². The topological polar surface area (TPSA) is 8.17 Å². The van der Waals surface area contributed by atoms with Crippen LogP contribution in [-0.2, 0) is 5.41 Å². The van der Waals surface area contributed by atoms with Gasteiger partial charge in [0.05, 0.1) is 22.1 Å². The highest BCUT2D eigenvalue weighted by molar-refractivity contribution is 6.27. The summed E-state index contributed by atoms with van der Waals surface area (Å²) in [5, 5.41) is 5.24. The molecular weight excluding hydrogens is 665 g/mol. The van der Waals surface area contributed by atoms with Gasteiger partial charge >= 0.3 is 0 Å². The van der Waals surface area contributed by atoms with Crippen molar-refractivity contribution >= 4 is 49.6 Å². The zero-order valence-corrected chi connectivity index (χ0v) is 30.0. The SMILES string of the molecule is c1ccc(-c2ccccc2N(c2ccccc2)c2cc3c4c(ccc5c4c4c(cccc4n5-c4ccccc4)C34c3ccccc3-c3ccccc34)c2)cc1. The second-order valence-electron chi connectivity index (χ2n) is 14.8. The van der Waals surface area contributed by atoms with E-state index in [9.17, 15) is 0 Å². The molecule has 0 radical (unpaired) electrons. The van der Waals surface area contributed by atoms with Gasteiger partial charge in [-0.1, -0.05) is 152 Å². The van der Waals surface area contributed by atoms with Crippen LogP contribution in [0.2, 0.25) is 0 Å². The number of benzene rings is 9. The molecule has 10 aromatic rings. The summed E-state index contributed by atoms with van der Waals surface area (Å²) in [6.45, 7) is 0. The Hall–Kier alpha value is -7.16. The highest BCUT2D eigenvalue weighted by atomic mass is 15.1.